The van der Waals surface area contributed by atoms with E-state index in [0.29, 0.717) is 0 Å². The maximum Gasteiger partial charge on any atom is 0.252 e. The van der Waals surface area contributed by atoms with Gasteiger partial charge in [0, 0.05) is 50.5 Å². The predicted molar refractivity (Wildman–Crippen MR) is 356 cm³/mol. The first-order valence-corrected chi connectivity index (χ1v) is 34.8. The molecule has 4 heterocycles. The van der Waals surface area contributed by atoms with Gasteiger partial charge in [-0.2, -0.15) is 0 Å². The summed E-state index contributed by atoms with van der Waals surface area (Å²) < 4.78 is 0. The summed E-state index contributed by atoms with van der Waals surface area (Å²) in [5, 5.41) is 1.57. The van der Waals surface area contributed by atoms with Crippen LogP contribution in [-0.2, 0) is 27.1 Å². The maximum absolute atomic E-state index is 3.02. The Morgan fingerprint density at radius 1 is 0.427 bits per heavy atom. The second-order valence-electron chi connectivity index (χ2n) is 30.4. The number of anilines is 7. The highest BCUT2D eigenvalue weighted by Gasteiger charge is 2.66. The molecule has 0 saturated heterocycles. The van der Waals surface area contributed by atoms with Gasteiger partial charge in [-0.25, -0.2) is 0 Å². The zero-order valence-corrected chi connectivity index (χ0v) is 52.7. The van der Waals surface area contributed by atoms with E-state index in [9.17, 15) is 0 Å². The Morgan fingerprint density at radius 2 is 0.915 bits per heavy atom. The molecule has 0 N–H and O–H groups in total. The summed E-state index contributed by atoms with van der Waals surface area (Å²) in [4.78, 5) is 8.70. The Kier molecular flexibility index (Phi) is 11.7. The molecule has 0 radical (unpaired) electrons. The van der Waals surface area contributed by atoms with Crippen molar-refractivity contribution in [1.29, 1.82) is 0 Å². The molecule has 8 aromatic carbocycles. The van der Waals surface area contributed by atoms with E-state index in [-0.39, 0.29) is 44.9 Å². The molecule has 2 fully saturated rings. The van der Waals surface area contributed by atoms with Crippen LogP contribution in [0.25, 0.3) is 11.1 Å². The van der Waals surface area contributed by atoms with Crippen molar-refractivity contribution in [3.8, 4) is 11.1 Å². The molecule has 0 spiro atoms. The topological polar surface area (TPSA) is 9.72 Å². The molecule has 2 saturated carbocycles. The van der Waals surface area contributed by atoms with Crippen LogP contribution in [0.15, 0.2) is 170 Å². The fourth-order valence-electron chi connectivity index (χ4n) is 17.3. The molecule has 0 amide bonds. The summed E-state index contributed by atoms with van der Waals surface area (Å²) in [6.07, 6.45) is 9.26. The van der Waals surface area contributed by atoms with Crippen molar-refractivity contribution < 1.29 is 0 Å². The maximum atomic E-state index is 3.02. The SMILES string of the molecule is CC(C)(C)c1ccc2c(c1)B1c3cc([Si](C)(C)C)cc4c3N(c3cc(N5c6ccc(C(C)(C)C)cc6C6(c7ccccc7)CCCCC56C)cc(c31)N2c1ccc(C(C)(C)C)cc1-c1ccccc1)C1(C)CCCCC41c1ccccc1. The highest BCUT2D eigenvalue weighted by molar-refractivity contribution is 7.01. The number of hydrogen-bond acceptors (Lipinski definition) is 3. The van der Waals surface area contributed by atoms with E-state index < -0.39 is 8.07 Å². The quantitative estimate of drug-likeness (QED) is 0.154. The zero-order valence-electron chi connectivity index (χ0n) is 51.7. The molecule has 6 aliphatic rings. The number of nitrogens with zero attached hydrogens (tertiary/aromatic N) is 3. The van der Waals surface area contributed by atoms with Gasteiger partial charge in [-0.15, -0.1) is 0 Å². The third kappa shape index (κ3) is 7.39. The van der Waals surface area contributed by atoms with Crippen LogP contribution in [0.3, 0.4) is 0 Å². The molecule has 2 aliphatic carbocycles. The van der Waals surface area contributed by atoms with Gasteiger partial charge >= 0.3 is 0 Å². The highest BCUT2D eigenvalue weighted by Crippen LogP contribution is 2.67. The molecular weight excluding hydrogens is 1010 g/mol. The average Bonchev–Trinajstić information content (AvgIpc) is 1.51. The number of rotatable bonds is 6. The van der Waals surface area contributed by atoms with Crippen LogP contribution in [0.1, 0.15) is 166 Å². The lowest BCUT2D eigenvalue weighted by molar-refractivity contribution is 0.214. The summed E-state index contributed by atoms with van der Waals surface area (Å²) >= 11 is 0. The average molecular weight is 1090 g/mol. The van der Waals surface area contributed by atoms with Crippen LogP contribution in [-0.4, -0.2) is 25.9 Å². The minimum absolute atomic E-state index is 0.00691. The third-order valence-electron chi connectivity index (χ3n) is 21.6. The lowest BCUT2D eigenvalue weighted by atomic mass is 9.33. The third-order valence-corrected chi connectivity index (χ3v) is 23.7. The molecule has 82 heavy (non-hydrogen) atoms. The largest absolute Gasteiger partial charge is 0.335 e. The van der Waals surface area contributed by atoms with Crippen LogP contribution >= 0.6 is 0 Å². The first-order valence-electron chi connectivity index (χ1n) is 31.3. The van der Waals surface area contributed by atoms with Crippen molar-refractivity contribution in [2.75, 3.05) is 14.7 Å². The lowest BCUT2D eigenvalue weighted by Crippen LogP contribution is -2.65. The Balaban J connectivity index is 1.16. The van der Waals surface area contributed by atoms with Gasteiger partial charge in [-0.05, 0) is 153 Å². The summed E-state index contributed by atoms with van der Waals surface area (Å²) in [7, 11) is -1.90. The highest BCUT2D eigenvalue weighted by atomic mass is 28.3. The number of hydrogen-bond donors (Lipinski definition) is 0. The smallest absolute Gasteiger partial charge is 0.252 e. The van der Waals surface area contributed by atoms with Crippen LogP contribution in [0.4, 0.5) is 39.8 Å². The van der Waals surface area contributed by atoms with Gasteiger partial charge in [0.15, 0.2) is 0 Å². The number of fused-ring (bicyclic) bond motifs is 10. The molecule has 0 bridgehead atoms. The minimum Gasteiger partial charge on any atom is -0.335 e. The van der Waals surface area contributed by atoms with Gasteiger partial charge in [-0.3, -0.25) is 0 Å². The van der Waals surface area contributed by atoms with E-state index in [0.717, 1.165) is 25.7 Å². The summed E-state index contributed by atoms with van der Waals surface area (Å²) in [6.45, 7) is 34.6. The van der Waals surface area contributed by atoms with Crippen molar-refractivity contribution in [2.24, 2.45) is 0 Å². The second-order valence-corrected chi connectivity index (χ2v) is 35.5. The Labute approximate surface area is 493 Å². The monoisotopic (exact) mass is 1090 g/mol. The van der Waals surface area contributed by atoms with Crippen molar-refractivity contribution in [3.63, 3.8) is 0 Å². The minimum atomic E-state index is -1.90. The Hall–Kier alpha value is -6.56. The summed E-state index contributed by atoms with van der Waals surface area (Å²) in [5.74, 6) is 0. The van der Waals surface area contributed by atoms with E-state index in [1.54, 1.807) is 10.8 Å². The molecule has 4 atom stereocenters. The molecule has 0 aromatic heterocycles. The Bertz CT molecular complexity index is 3880. The van der Waals surface area contributed by atoms with Gasteiger partial charge in [0.05, 0.1) is 24.8 Å². The van der Waals surface area contributed by atoms with Gasteiger partial charge in [0.2, 0.25) is 0 Å². The van der Waals surface area contributed by atoms with Crippen LogP contribution < -0.4 is 36.3 Å². The van der Waals surface area contributed by atoms with Gasteiger partial charge in [-0.1, -0.05) is 246 Å². The fraction of sp³-hybridized carbons (Fsp3) is 0.377. The molecule has 4 unspecified atom stereocenters. The van der Waals surface area contributed by atoms with Crippen molar-refractivity contribution in [2.45, 2.75) is 185 Å². The van der Waals surface area contributed by atoms with Crippen LogP contribution in [0.2, 0.25) is 19.6 Å². The summed E-state index contributed by atoms with van der Waals surface area (Å²) in [5.41, 5.74) is 25.3. The van der Waals surface area contributed by atoms with E-state index in [4.69, 9.17) is 0 Å². The van der Waals surface area contributed by atoms with Crippen LogP contribution in [0.5, 0.6) is 0 Å². The molecule has 3 nitrogen and oxygen atoms in total. The van der Waals surface area contributed by atoms with E-state index in [1.807, 2.05) is 0 Å². The molecule has 4 aliphatic heterocycles. The van der Waals surface area contributed by atoms with Gasteiger partial charge in [0.1, 0.15) is 0 Å². The normalized spacial score (nSPS) is 23.4. The zero-order chi connectivity index (χ0) is 57.3. The standard InChI is InChI=1S/C77H86BN3Si/c1-71(2,3)54-34-37-64(59(44-54)51-28-18-15-19-29-51)79-66-39-36-56(73(7,8)9)46-62(66)78-63-50-58(82(12,13)14)49-61-70(63)81(75(11)41-25-27-43-77(61,75)53-32-22-17-23-33-53)68-48-57(47-67(79)69(68)78)80-65-38-35-55(72(4,5)6)45-60(65)76(52-30-20-16-21-31-52)42-26-24-40-74(76,80)10/h15-23,28-39,44-50H,24-27,40-43H2,1-14H3. The van der Waals surface area contributed by atoms with E-state index in [1.165, 1.54) is 126 Å². The molecule has 8 aromatic rings. The predicted octanol–water partition coefficient (Wildman–Crippen LogP) is 17.9. The van der Waals surface area contributed by atoms with E-state index in [2.05, 4.69) is 280 Å². The summed E-state index contributed by atoms with van der Waals surface area (Å²) in [6, 6.07) is 68.6. The van der Waals surface area contributed by atoms with Crippen molar-refractivity contribution in [1.82, 2.24) is 0 Å². The molecule has 14 rings (SSSR count). The van der Waals surface area contributed by atoms with Gasteiger partial charge < -0.3 is 14.7 Å². The second kappa shape index (κ2) is 18.0. The Morgan fingerprint density at radius 3 is 1.49 bits per heavy atom. The lowest BCUT2D eigenvalue weighted by Gasteiger charge is -2.55. The van der Waals surface area contributed by atoms with Gasteiger partial charge in [0.25, 0.3) is 6.71 Å². The first kappa shape index (κ1) is 53.4. The molecule has 416 valence electrons. The fourth-order valence-corrected chi connectivity index (χ4v) is 18.5. The first-order chi connectivity index (χ1) is 38.9. The van der Waals surface area contributed by atoms with Crippen molar-refractivity contribution in [3.05, 3.63) is 209 Å². The van der Waals surface area contributed by atoms with Crippen molar-refractivity contribution >= 4 is 76.2 Å². The molecule has 5 heteroatoms. The molecular formula is C77H86BN3Si. The van der Waals surface area contributed by atoms with E-state index >= 15 is 0 Å². The van der Waals surface area contributed by atoms with Crippen LogP contribution in [0, 0.1) is 0 Å². The number of benzene rings is 8.